The molecule has 122 valence electrons. The molecule has 1 amide bonds. The fourth-order valence-electron chi connectivity index (χ4n) is 2.09. The number of nitrogens with zero attached hydrogens (tertiary/aromatic N) is 1. The Morgan fingerprint density at radius 2 is 1.92 bits per heavy atom. The van der Waals surface area contributed by atoms with Gasteiger partial charge in [-0.25, -0.2) is 0 Å². The lowest BCUT2D eigenvalue weighted by Gasteiger charge is -2.07. The topological polar surface area (TPSA) is 71.3 Å². The number of carbonyl (C=O) groups is 1. The zero-order valence-corrected chi connectivity index (χ0v) is 13.6. The van der Waals surface area contributed by atoms with Gasteiger partial charge in [-0.05, 0) is 43.3 Å². The van der Waals surface area contributed by atoms with E-state index < -0.39 is 5.91 Å². The zero-order chi connectivity index (χ0) is 17.4. The highest BCUT2D eigenvalue weighted by Gasteiger charge is 2.11. The van der Waals surface area contributed by atoms with Crippen molar-refractivity contribution in [1.82, 2.24) is 0 Å². The maximum atomic E-state index is 12.3. The standard InChI is InChI=1S/C19H18N2O3/c1-3-24-17-10-8-16(9-11-17)21-19(22)15(13-20)12-14-6-4-5-7-18(14)23-2/h4-12H,3H2,1-2H3,(H,21,22). The molecular weight excluding hydrogens is 304 g/mol. The molecule has 0 aromatic heterocycles. The van der Waals surface area contributed by atoms with Gasteiger partial charge in [0.1, 0.15) is 23.1 Å². The van der Waals surface area contributed by atoms with Crippen molar-refractivity contribution in [3.63, 3.8) is 0 Å². The molecule has 0 aliphatic heterocycles. The third kappa shape index (κ3) is 4.37. The number of nitrogens with one attached hydrogen (secondary N) is 1. The molecule has 0 saturated carbocycles. The second-order valence-electron chi connectivity index (χ2n) is 4.82. The highest BCUT2D eigenvalue weighted by atomic mass is 16.5. The molecule has 0 aliphatic rings. The summed E-state index contributed by atoms with van der Waals surface area (Å²) < 4.78 is 10.6. The van der Waals surface area contributed by atoms with Crippen LogP contribution in [0.1, 0.15) is 12.5 Å². The molecule has 24 heavy (non-hydrogen) atoms. The SMILES string of the molecule is CCOc1ccc(NC(=O)C(C#N)=Cc2ccccc2OC)cc1. The predicted octanol–water partition coefficient (Wildman–Crippen LogP) is 3.64. The molecule has 0 spiro atoms. The number of nitriles is 1. The first kappa shape index (κ1) is 17.1. The molecule has 0 radical (unpaired) electrons. The molecule has 0 bridgehead atoms. The molecule has 2 aromatic rings. The minimum Gasteiger partial charge on any atom is -0.496 e. The number of methoxy groups -OCH3 is 1. The minimum absolute atomic E-state index is 0.00613. The van der Waals surface area contributed by atoms with Crippen molar-refractivity contribution in [3.8, 4) is 17.6 Å². The second kappa shape index (κ2) is 8.39. The summed E-state index contributed by atoms with van der Waals surface area (Å²) in [6.07, 6.45) is 1.50. The smallest absolute Gasteiger partial charge is 0.266 e. The first-order valence-electron chi connectivity index (χ1n) is 7.47. The van der Waals surface area contributed by atoms with Crippen LogP contribution < -0.4 is 14.8 Å². The average Bonchev–Trinajstić information content (AvgIpc) is 2.61. The molecule has 5 heteroatoms. The lowest BCUT2D eigenvalue weighted by Crippen LogP contribution is -2.13. The molecule has 0 saturated heterocycles. The van der Waals surface area contributed by atoms with Crippen LogP contribution in [0.15, 0.2) is 54.1 Å². The van der Waals surface area contributed by atoms with Crippen LogP contribution >= 0.6 is 0 Å². The van der Waals surface area contributed by atoms with E-state index in [1.807, 2.05) is 25.1 Å². The summed E-state index contributed by atoms with van der Waals surface area (Å²) in [5, 5.41) is 12.0. The Labute approximate surface area is 141 Å². The van der Waals surface area contributed by atoms with E-state index in [0.717, 1.165) is 5.75 Å². The van der Waals surface area contributed by atoms with Crippen LogP contribution in [0, 0.1) is 11.3 Å². The van der Waals surface area contributed by atoms with Gasteiger partial charge in [-0.1, -0.05) is 18.2 Å². The maximum absolute atomic E-state index is 12.3. The molecule has 2 rings (SSSR count). The van der Waals surface area contributed by atoms with E-state index >= 15 is 0 Å². The van der Waals surface area contributed by atoms with Gasteiger partial charge in [-0.15, -0.1) is 0 Å². The Bertz CT molecular complexity index is 774. The van der Waals surface area contributed by atoms with E-state index in [2.05, 4.69) is 5.32 Å². The number of amides is 1. The molecule has 5 nitrogen and oxygen atoms in total. The van der Waals surface area contributed by atoms with Crippen LogP contribution in [0.4, 0.5) is 5.69 Å². The molecular formula is C19H18N2O3. The van der Waals surface area contributed by atoms with Crippen molar-refractivity contribution in [3.05, 3.63) is 59.7 Å². The monoisotopic (exact) mass is 322 g/mol. The Kier molecular flexibility index (Phi) is 5.98. The van der Waals surface area contributed by atoms with Crippen molar-refractivity contribution in [2.45, 2.75) is 6.92 Å². The number of ether oxygens (including phenoxy) is 2. The summed E-state index contributed by atoms with van der Waals surface area (Å²) in [6, 6.07) is 16.1. The molecule has 0 unspecified atom stereocenters. The number of rotatable bonds is 6. The summed E-state index contributed by atoms with van der Waals surface area (Å²) in [5.41, 5.74) is 1.25. The first-order chi connectivity index (χ1) is 11.7. The Morgan fingerprint density at radius 3 is 2.54 bits per heavy atom. The summed E-state index contributed by atoms with van der Waals surface area (Å²) in [5.74, 6) is 0.840. The van der Waals surface area contributed by atoms with Crippen LogP contribution in [0.2, 0.25) is 0 Å². The van der Waals surface area contributed by atoms with E-state index in [1.165, 1.54) is 6.08 Å². The van der Waals surface area contributed by atoms with E-state index in [0.29, 0.717) is 23.6 Å². The van der Waals surface area contributed by atoms with Gasteiger partial charge in [0.05, 0.1) is 13.7 Å². The molecule has 1 N–H and O–H groups in total. The average molecular weight is 322 g/mol. The highest BCUT2D eigenvalue weighted by molar-refractivity contribution is 6.09. The number of para-hydroxylation sites is 1. The summed E-state index contributed by atoms with van der Waals surface area (Å²) in [7, 11) is 1.54. The largest absolute Gasteiger partial charge is 0.496 e. The second-order valence-corrected chi connectivity index (χ2v) is 4.82. The van der Waals surface area contributed by atoms with Crippen LogP contribution in [-0.2, 0) is 4.79 Å². The third-order valence-corrected chi connectivity index (χ3v) is 3.23. The van der Waals surface area contributed by atoms with E-state index in [4.69, 9.17) is 9.47 Å². The van der Waals surface area contributed by atoms with Gasteiger partial charge in [0.25, 0.3) is 5.91 Å². The predicted molar refractivity (Wildman–Crippen MR) is 92.8 cm³/mol. The van der Waals surface area contributed by atoms with Crippen molar-refractivity contribution in [1.29, 1.82) is 5.26 Å². The third-order valence-electron chi connectivity index (χ3n) is 3.23. The highest BCUT2D eigenvalue weighted by Crippen LogP contribution is 2.21. The van der Waals surface area contributed by atoms with Gasteiger partial charge in [-0.2, -0.15) is 5.26 Å². The number of hydrogen-bond acceptors (Lipinski definition) is 4. The quantitative estimate of drug-likeness (QED) is 0.651. The normalized spacial score (nSPS) is 10.6. The van der Waals surface area contributed by atoms with Crippen LogP contribution in [-0.4, -0.2) is 19.6 Å². The van der Waals surface area contributed by atoms with Crippen molar-refractivity contribution >= 4 is 17.7 Å². The lowest BCUT2D eigenvalue weighted by molar-refractivity contribution is -0.112. The fraction of sp³-hybridized carbons (Fsp3) is 0.158. The lowest BCUT2D eigenvalue weighted by atomic mass is 10.1. The van der Waals surface area contributed by atoms with E-state index in [9.17, 15) is 10.1 Å². The van der Waals surface area contributed by atoms with Crippen LogP contribution in [0.5, 0.6) is 11.5 Å². The van der Waals surface area contributed by atoms with Gasteiger partial charge in [0.15, 0.2) is 0 Å². The molecule has 0 atom stereocenters. The summed E-state index contributed by atoms with van der Waals surface area (Å²) in [6.45, 7) is 2.48. The zero-order valence-electron chi connectivity index (χ0n) is 13.6. The number of hydrogen-bond donors (Lipinski definition) is 1. The molecule has 0 fully saturated rings. The first-order valence-corrected chi connectivity index (χ1v) is 7.47. The number of anilines is 1. The van der Waals surface area contributed by atoms with Gasteiger partial charge < -0.3 is 14.8 Å². The van der Waals surface area contributed by atoms with Crippen LogP contribution in [0.25, 0.3) is 6.08 Å². The minimum atomic E-state index is -0.479. The number of benzene rings is 2. The van der Waals surface area contributed by atoms with Gasteiger partial charge >= 0.3 is 0 Å². The van der Waals surface area contributed by atoms with E-state index in [1.54, 1.807) is 43.5 Å². The maximum Gasteiger partial charge on any atom is 0.266 e. The van der Waals surface area contributed by atoms with Gasteiger partial charge in [0, 0.05) is 11.3 Å². The molecule has 0 heterocycles. The molecule has 0 aliphatic carbocycles. The Hall–Kier alpha value is -3.26. The van der Waals surface area contributed by atoms with Gasteiger partial charge in [0.2, 0.25) is 0 Å². The fourth-order valence-corrected chi connectivity index (χ4v) is 2.09. The van der Waals surface area contributed by atoms with Gasteiger partial charge in [-0.3, -0.25) is 4.79 Å². The Balaban J connectivity index is 2.17. The van der Waals surface area contributed by atoms with E-state index in [-0.39, 0.29) is 5.57 Å². The Morgan fingerprint density at radius 1 is 1.21 bits per heavy atom. The van der Waals surface area contributed by atoms with Crippen molar-refractivity contribution < 1.29 is 14.3 Å². The van der Waals surface area contributed by atoms with Crippen molar-refractivity contribution in [2.75, 3.05) is 19.0 Å². The summed E-state index contributed by atoms with van der Waals surface area (Å²) >= 11 is 0. The molecule has 2 aromatic carbocycles. The summed E-state index contributed by atoms with van der Waals surface area (Å²) in [4.78, 5) is 12.3. The number of carbonyl (C=O) groups excluding carboxylic acids is 1. The van der Waals surface area contributed by atoms with Crippen molar-refractivity contribution in [2.24, 2.45) is 0 Å². The van der Waals surface area contributed by atoms with Crippen LogP contribution in [0.3, 0.4) is 0 Å².